The second-order valence-corrected chi connectivity index (χ2v) is 3.02. The van der Waals surface area contributed by atoms with Crippen LogP contribution < -0.4 is 0 Å². The molecule has 0 aliphatic rings. The molecule has 0 radical (unpaired) electrons. The molecule has 0 aliphatic carbocycles. The van der Waals surface area contributed by atoms with Crippen molar-refractivity contribution in [1.82, 2.24) is 0 Å². The van der Waals surface area contributed by atoms with Crippen LogP contribution in [0.15, 0.2) is 0 Å². The van der Waals surface area contributed by atoms with E-state index in [4.69, 9.17) is 0 Å². The molecule has 0 atom stereocenters. The highest BCUT2D eigenvalue weighted by Gasteiger charge is 1.68. The number of hydrogen-bond acceptors (Lipinski definition) is 1. The highest BCUT2D eigenvalue weighted by Crippen LogP contribution is 1.81. The van der Waals surface area contributed by atoms with Crippen LogP contribution in [0.2, 0.25) is 0 Å². The predicted molar refractivity (Wildman–Crippen MR) is 67.5 cm³/mol. The van der Waals surface area contributed by atoms with Crippen molar-refractivity contribution in [2.75, 3.05) is 13.7 Å². The molecule has 0 aromatic heterocycles. The van der Waals surface area contributed by atoms with Crippen molar-refractivity contribution in [1.29, 1.82) is 0 Å². The molecule has 1 heteroatoms. The molecule has 0 N–H and O–H groups in total. The summed E-state index contributed by atoms with van der Waals surface area (Å²) in [6, 6.07) is 0. The summed E-state index contributed by atoms with van der Waals surface area (Å²) >= 11 is 0. The first kappa shape index (κ1) is 29.3. The summed E-state index contributed by atoms with van der Waals surface area (Å²) in [4.78, 5) is 0. The minimum Gasteiger partial charge on any atom is -0.385 e. The molecule has 0 saturated heterocycles. The van der Waals surface area contributed by atoms with Gasteiger partial charge in [-0.2, -0.15) is 0 Å². The van der Waals surface area contributed by atoms with Gasteiger partial charge in [-0.3, -0.25) is 0 Å². The summed E-state index contributed by atoms with van der Waals surface area (Å²) in [7, 11) is 1.68. The highest BCUT2D eigenvalue weighted by molar-refractivity contribution is 4.20. The fourth-order valence-electron chi connectivity index (χ4n) is 0. The first-order chi connectivity index (χ1) is 5.06. The van der Waals surface area contributed by atoms with Gasteiger partial charge in [0.15, 0.2) is 0 Å². The van der Waals surface area contributed by atoms with Crippen LogP contribution in [0.3, 0.4) is 0 Å². The van der Waals surface area contributed by atoms with Gasteiger partial charge in [-0.25, -0.2) is 0 Å². The third-order valence-corrected chi connectivity index (χ3v) is 0.289. The van der Waals surface area contributed by atoms with Gasteiger partial charge in [-0.15, -0.1) is 0 Å². The van der Waals surface area contributed by atoms with Crippen LogP contribution in [-0.2, 0) is 4.74 Å². The Balaban J connectivity index is -0.0000000231. The maximum absolute atomic E-state index is 4.54. The Morgan fingerprint density at radius 3 is 1.00 bits per heavy atom. The monoisotopic (exact) mass is 194 g/mol. The maximum Gasteiger partial charge on any atom is 0.0433 e. The fraction of sp³-hybridized carbons (Fsp3) is 1.00. The first-order valence-electron chi connectivity index (χ1n) is 4.55. The van der Waals surface area contributed by atoms with Gasteiger partial charge < -0.3 is 4.74 Å². The molecule has 0 heterocycles. The third-order valence-electron chi connectivity index (χ3n) is 0.289. The minimum absolute atomic E-state index is 0. The van der Waals surface area contributed by atoms with Crippen molar-refractivity contribution in [2.24, 2.45) is 5.92 Å². The van der Waals surface area contributed by atoms with Crippen LogP contribution in [0.5, 0.6) is 0 Å². The van der Waals surface area contributed by atoms with Gasteiger partial charge in [0, 0.05) is 13.7 Å². The lowest BCUT2D eigenvalue weighted by molar-refractivity contribution is 0.215. The van der Waals surface area contributed by atoms with E-state index >= 15 is 0 Å². The molecule has 0 bridgehead atoms. The summed E-state index contributed by atoms with van der Waals surface area (Å²) in [6.45, 7) is 13.5. The average molecular weight is 194 g/mol. The van der Waals surface area contributed by atoms with Gasteiger partial charge in [0.25, 0.3) is 0 Å². The van der Waals surface area contributed by atoms with Crippen LogP contribution in [0.4, 0.5) is 0 Å². The van der Waals surface area contributed by atoms with E-state index in [1.165, 1.54) is 6.42 Å². The van der Waals surface area contributed by atoms with Gasteiger partial charge in [-0.1, -0.05) is 55.9 Å². The summed E-state index contributed by atoms with van der Waals surface area (Å²) in [6.07, 6.45) is 1.25. The Morgan fingerprint density at radius 2 is 1.00 bits per heavy atom. The largest absolute Gasteiger partial charge is 0.385 e. The first-order valence-corrected chi connectivity index (χ1v) is 4.55. The normalized spacial score (nSPS) is 6.46. The molecular weight excluding hydrogens is 160 g/mol. The zero-order chi connectivity index (χ0) is 9.70. The lowest BCUT2D eigenvalue weighted by Gasteiger charge is -1.79. The zero-order valence-corrected chi connectivity index (χ0v) is 9.40. The molecule has 0 aliphatic heterocycles. The molecule has 0 fully saturated rings. The second kappa shape index (κ2) is 40.4. The molecule has 0 saturated carbocycles. The Morgan fingerprint density at radius 1 is 0.923 bits per heavy atom. The molecular formula is C12H34O. The quantitative estimate of drug-likeness (QED) is 0.570. The van der Waals surface area contributed by atoms with E-state index in [1.807, 2.05) is 6.92 Å². The van der Waals surface area contributed by atoms with Crippen LogP contribution in [0.25, 0.3) is 0 Å². The van der Waals surface area contributed by atoms with Crippen LogP contribution in [0.1, 0.15) is 62.8 Å². The smallest absolute Gasteiger partial charge is 0.0433 e. The van der Waals surface area contributed by atoms with Crippen LogP contribution >= 0.6 is 0 Å². The van der Waals surface area contributed by atoms with Gasteiger partial charge in [0.2, 0.25) is 0 Å². The van der Waals surface area contributed by atoms with Crippen molar-refractivity contribution in [3.63, 3.8) is 0 Å². The standard InChI is InChI=1S/C4H10.C3H8O.C3H8.2CH4/c1-4(2)3;1-3-4-2;1-3-2;;/h4H,1-3H3;3H2,1-2H3;3H2,1-2H3;2*1H4. The van der Waals surface area contributed by atoms with Crippen LogP contribution in [-0.4, -0.2) is 13.7 Å². The fourth-order valence-corrected chi connectivity index (χ4v) is 0. The molecule has 1 nitrogen and oxygen atoms in total. The van der Waals surface area contributed by atoms with E-state index in [-0.39, 0.29) is 14.9 Å². The molecule has 0 aromatic rings. The number of ether oxygens (including phenoxy) is 1. The van der Waals surface area contributed by atoms with Crippen molar-refractivity contribution in [3.05, 3.63) is 0 Å². The molecule has 88 valence electrons. The van der Waals surface area contributed by atoms with Gasteiger partial charge in [0.1, 0.15) is 0 Å². The summed E-state index contributed by atoms with van der Waals surface area (Å²) in [5.74, 6) is 0.833. The topological polar surface area (TPSA) is 9.23 Å². The molecule has 0 aromatic carbocycles. The predicted octanol–water partition coefficient (Wildman–Crippen LogP) is 5.00. The lowest BCUT2D eigenvalue weighted by Crippen LogP contribution is -1.73. The Bertz CT molecular complexity index is 29.4. The molecule has 0 unspecified atom stereocenters. The van der Waals surface area contributed by atoms with E-state index in [9.17, 15) is 0 Å². The van der Waals surface area contributed by atoms with Crippen molar-refractivity contribution < 1.29 is 4.74 Å². The minimum atomic E-state index is 0. The highest BCUT2D eigenvalue weighted by atomic mass is 16.5. The van der Waals surface area contributed by atoms with E-state index in [2.05, 4.69) is 39.4 Å². The van der Waals surface area contributed by atoms with E-state index in [0.29, 0.717) is 0 Å². The Hall–Kier alpha value is -0.0400. The van der Waals surface area contributed by atoms with Gasteiger partial charge in [0.05, 0.1) is 0 Å². The third kappa shape index (κ3) is 1290. The van der Waals surface area contributed by atoms with E-state index < -0.39 is 0 Å². The van der Waals surface area contributed by atoms with Crippen molar-refractivity contribution in [3.8, 4) is 0 Å². The summed E-state index contributed by atoms with van der Waals surface area (Å²) in [5, 5.41) is 0. The second-order valence-electron chi connectivity index (χ2n) is 3.02. The van der Waals surface area contributed by atoms with Gasteiger partial charge >= 0.3 is 0 Å². The van der Waals surface area contributed by atoms with E-state index in [1.54, 1.807) is 7.11 Å². The van der Waals surface area contributed by atoms with Gasteiger partial charge in [-0.05, 0) is 12.8 Å². The number of hydrogen-bond donors (Lipinski definition) is 0. The van der Waals surface area contributed by atoms with Crippen molar-refractivity contribution >= 4 is 0 Å². The average Bonchev–Trinajstić information content (AvgIpc) is 1.88. The van der Waals surface area contributed by atoms with Crippen LogP contribution in [0, 0.1) is 5.92 Å². The maximum atomic E-state index is 4.54. The SMILES string of the molecule is C.C.CC(C)C.CCC.CCOC. The number of rotatable bonds is 1. The van der Waals surface area contributed by atoms with E-state index in [0.717, 1.165) is 12.5 Å². The summed E-state index contributed by atoms with van der Waals surface area (Å²) < 4.78 is 4.54. The Kier molecular flexibility index (Phi) is 91.0. The molecule has 0 rings (SSSR count). The zero-order valence-electron chi connectivity index (χ0n) is 9.40. The lowest BCUT2D eigenvalue weighted by atomic mass is 10.3. The van der Waals surface area contributed by atoms with Crippen molar-refractivity contribution in [2.45, 2.75) is 62.8 Å². The molecule has 0 spiro atoms. The Labute approximate surface area is 87.9 Å². The number of methoxy groups -OCH3 is 1. The molecule has 13 heavy (non-hydrogen) atoms. The molecule has 0 amide bonds. The summed E-state index contributed by atoms with van der Waals surface area (Å²) in [5.41, 5.74) is 0.